The van der Waals surface area contributed by atoms with E-state index in [1.807, 2.05) is 0 Å². The second kappa shape index (κ2) is 9.69. The van der Waals surface area contributed by atoms with Gasteiger partial charge in [0.05, 0.1) is 4.90 Å². The van der Waals surface area contributed by atoms with E-state index in [4.69, 9.17) is 10.5 Å². The van der Waals surface area contributed by atoms with Gasteiger partial charge in [-0.25, -0.2) is 8.42 Å². The number of amides is 2. The lowest BCUT2D eigenvalue weighted by molar-refractivity contribution is -0.118. The summed E-state index contributed by atoms with van der Waals surface area (Å²) in [6.07, 6.45) is 4.24. The normalized spacial score (nSPS) is 20.1. The SMILES string of the molecule is NC(=O)C[C@@H](NC(=O)c1cccc(S(=O)(=O)N2CCCCC2)c1)C1CCOCC1. The molecule has 0 aromatic heterocycles. The molecule has 2 amide bonds. The summed E-state index contributed by atoms with van der Waals surface area (Å²) in [6.45, 7) is 2.17. The number of nitrogens with zero attached hydrogens (tertiary/aromatic N) is 1. The van der Waals surface area contributed by atoms with E-state index in [0.717, 1.165) is 32.1 Å². The maximum atomic E-state index is 12.9. The maximum Gasteiger partial charge on any atom is 0.251 e. The molecule has 0 spiro atoms. The Bertz CT molecular complexity index is 830. The lowest BCUT2D eigenvalue weighted by atomic mass is 9.89. The van der Waals surface area contributed by atoms with E-state index in [1.165, 1.54) is 16.4 Å². The number of nitrogens with two attached hydrogens (primary N) is 1. The summed E-state index contributed by atoms with van der Waals surface area (Å²) >= 11 is 0. The second-order valence-electron chi connectivity index (χ2n) is 7.69. The summed E-state index contributed by atoms with van der Waals surface area (Å²) in [7, 11) is -3.62. The molecule has 29 heavy (non-hydrogen) atoms. The average Bonchev–Trinajstić information content (AvgIpc) is 2.74. The highest BCUT2D eigenvalue weighted by Crippen LogP contribution is 2.23. The molecule has 3 rings (SSSR count). The molecule has 1 aromatic carbocycles. The van der Waals surface area contributed by atoms with Crippen molar-refractivity contribution in [3.63, 3.8) is 0 Å². The number of rotatable bonds is 7. The lowest BCUT2D eigenvalue weighted by Gasteiger charge is -2.30. The number of primary amides is 1. The quantitative estimate of drug-likeness (QED) is 0.684. The summed E-state index contributed by atoms with van der Waals surface area (Å²) in [5.74, 6) is -0.790. The standard InChI is InChI=1S/C20H29N3O5S/c21-19(24)14-18(15-7-11-28-12-8-15)22-20(25)16-5-4-6-17(13-16)29(26,27)23-9-2-1-3-10-23/h4-6,13,15,18H,1-3,7-12,14H2,(H2,21,24)(H,22,25)/t18-/m1/s1. The number of carbonyl (C=O) groups is 2. The van der Waals surface area contributed by atoms with Gasteiger partial charge in [-0.1, -0.05) is 12.5 Å². The first-order chi connectivity index (χ1) is 13.9. The number of nitrogens with one attached hydrogen (secondary N) is 1. The summed E-state index contributed by atoms with van der Waals surface area (Å²) in [4.78, 5) is 24.4. The van der Waals surface area contributed by atoms with Gasteiger partial charge in [-0.3, -0.25) is 9.59 Å². The van der Waals surface area contributed by atoms with E-state index in [9.17, 15) is 18.0 Å². The molecular formula is C20H29N3O5S. The molecule has 0 bridgehead atoms. The predicted molar refractivity (Wildman–Crippen MR) is 108 cm³/mol. The van der Waals surface area contributed by atoms with Gasteiger partial charge in [0.15, 0.2) is 0 Å². The van der Waals surface area contributed by atoms with Crippen molar-refractivity contribution in [1.82, 2.24) is 9.62 Å². The molecule has 2 fully saturated rings. The van der Waals surface area contributed by atoms with Gasteiger partial charge in [0, 0.05) is 44.3 Å². The van der Waals surface area contributed by atoms with Crippen LogP contribution in [0, 0.1) is 5.92 Å². The average molecular weight is 424 g/mol. The van der Waals surface area contributed by atoms with Gasteiger partial charge in [0.1, 0.15) is 0 Å². The third-order valence-electron chi connectivity index (χ3n) is 5.62. The fourth-order valence-corrected chi connectivity index (χ4v) is 5.54. The Kier molecular flexibility index (Phi) is 7.26. The van der Waals surface area contributed by atoms with Crippen molar-refractivity contribution in [1.29, 1.82) is 0 Å². The zero-order valence-corrected chi connectivity index (χ0v) is 17.3. The van der Waals surface area contributed by atoms with E-state index in [2.05, 4.69) is 5.32 Å². The first-order valence-electron chi connectivity index (χ1n) is 10.1. The van der Waals surface area contributed by atoms with Crippen LogP contribution in [0.4, 0.5) is 0 Å². The number of hydrogen-bond donors (Lipinski definition) is 2. The minimum atomic E-state index is -3.62. The predicted octanol–water partition coefficient (Wildman–Crippen LogP) is 1.26. The van der Waals surface area contributed by atoms with Crippen LogP contribution in [0.15, 0.2) is 29.2 Å². The largest absolute Gasteiger partial charge is 0.381 e. The molecule has 0 radical (unpaired) electrons. The fourth-order valence-electron chi connectivity index (χ4n) is 3.97. The van der Waals surface area contributed by atoms with Crippen LogP contribution >= 0.6 is 0 Å². The Labute approximate surface area is 171 Å². The number of piperidine rings is 1. The number of carbonyl (C=O) groups excluding carboxylic acids is 2. The zero-order valence-electron chi connectivity index (χ0n) is 16.5. The molecule has 3 N–H and O–H groups in total. The Hall–Kier alpha value is -1.97. The third kappa shape index (κ3) is 5.55. The van der Waals surface area contributed by atoms with Gasteiger partial charge in [-0.15, -0.1) is 0 Å². The highest BCUT2D eigenvalue weighted by atomic mass is 32.2. The van der Waals surface area contributed by atoms with Crippen LogP contribution in [-0.4, -0.2) is 56.9 Å². The van der Waals surface area contributed by atoms with Gasteiger partial charge in [-0.2, -0.15) is 4.31 Å². The molecule has 0 saturated carbocycles. The van der Waals surface area contributed by atoms with Crippen molar-refractivity contribution >= 4 is 21.8 Å². The van der Waals surface area contributed by atoms with Crippen LogP contribution in [0.1, 0.15) is 48.9 Å². The van der Waals surface area contributed by atoms with Crippen LogP contribution in [0.3, 0.4) is 0 Å². The third-order valence-corrected chi connectivity index (χ3v) is 7.52. The summed E-state index contributed by atoms with van der Waals surface area (Å²) < 4.78 is 32.6. The molecular weight excluding hydrogens is 394 g/mol. The number of benzene rings is 1. The van der Waals surface area contributed by atoms with Crippen molar-refractivity contribution in [3.8, 4) is 0 Å². The van der Waals surface area contributed by atoms with Crippen molar-refractivity contribution < 1.29 is 22.7 Å². The number of sulfonamides is 1. The fraction of sp³-hybridized carbons (Fsp3) is 0.600. The van der Waals surface area contributed by atoms with E-state index >= 15 is 0 Å². The molecule has 0 aliphatic carbocycles. The highest BCUT2D eigenvalue weighted by Gasteiger charge is 2.29. The van der Waals surface area contributed by atoms with E-state index in [1.54, 1.807) is 12.1 Å². The summed E-state index contributed by atoms with van der Waals surface area (Å²) in [5.41, 5.74) is 5.63. The topological polar surface area (TPSA) is 119 Å². The van der Waals surface area contributed by atoms with Crippen LogP contribution in [0.5, 0.6) is 0 Å². The van der Waals surface area contributed by atoms with Crippen molar-refractivity contribution in [2.75, 3.05) is 26.3 Å². The van der Waals surface area contributed by atoms with Gasteiger partial charge < -0.3 is 15.8 Å². The molecule has 2 saturated heterocycles. The number of ether oxygens (including phenoxy) is 1. The molecule has 160 valence electrons. The smallest absolute Gasteiger partial charge is 0.251 e. The van der Waals surface area contributed by atoms with Crippen molar-refractivity contribution in [3.05, 3.63) is 29.8 Å². The summed E-state index contributed by atoms with van der Waals surface area (Å²) in [6, 6.07) is 5.68. The Morgan fingerprint density at radius 1 is 1.17 bits per heavy atom. The summed E-state index contributed by atoms with van der Waals surface area (Å²) in [5, 5.41) is 2.89. The van der Waals surface area contributed by atoms with E-state index in [0.29, 0.717) is 26.3 Å². The molecule has 1 atom stereocenters. The van der Waals surface area contributed by atoms with E-state index in [-0.39, 0.29) is 22.8 Å². The molecule has 2 aliphatic rings. The second-order valence-corrected chi connectivity index (χ2v) is 9.63. The lowest BCUT2D eigenvalue weighted by Crippen LogP contribution is -2.44. The maximum absolute atomic E-state index is 12.9. The monoisotopic (exact) mass is 423 g/mol. The Morgan fingerprint density at radius 3 is 2.52 bits per heavy atom. The minimum Gasteiger partial charge on any atom is -0.381 e. The van der Waals surface area contributed by atoms with Gasteiger partial charge >= 0.3 is 0 Å². The molecule has 2 heterocycles. The van der Waals surface area contributed by atoms with Gasteiger partial charge in [0.2, 0.25) is 15.9 Å². The molecule has 2 aliphatic heterocycles. The van der Waals surface area contributed by atoms with E-state index < -0.39 is 27.9 Å². The van der Waals surface area contributed by atoms with Crippen molar-refractivity contribution in [2.24, 2.45) is 11.7 Å². The van der Waals surface area contributed by atoms with Crippen LogP contribution < -0.4 is 11.1 Å². The van der Waals surface area contributed by atoms with Crippen LogP contribution in [-0.2, 0) is 19.6 Å². The highest BCUT2D eigenvalue weighted by molar-refractivity contribution is 7.89. The molecule has 1 aromatic rings. The first-order valence-corrected chi connectivity index (χ1v) is 11.6. The Morgan fingerprint density at radius 2 is 1.86 bits per heavy atom. The van der Waals surface area contributed by atoms with Gasteiger partial charge in [0.25, 0.3) is 5.91 Å². The van der Waals surface area contributed by atoms with Crippen LogP contribution in [0.25, 0.3) is 0 Å². The molecule has 8 nitrogen and oxygen atoms in total. The zero-order chi connectivity index (χ0) is 20.9. The molecule has 0 unspecified atom stereocenters. The minimum absolute atomic E-state index is 0.0438. The Balaban J connectivity index is 1.76. The number of hydrogen-bond acceptors (Lipinski definition) is 5. The first kappa shape index (κ1) is 21.7. The van der Waals surface area contributed by atoms with Crippen molar-refractivity contribution in [2.45, 2.75) is 49.5 Å². The van der Waals surface area contributed by atoms with Gasteiger partial charge in [-0.05, 0) is 49.8 Å². The molecule has 9 heteroatoms. The van der Waals surface area contributed by atoms with Crippen LogP contribution in [0.2, 0.25) is 0 Å².